The molecule has 122 valence electrons. The molecule has 0 saturated heterocycles. The highest BCUT2D eigenvalue weighted by molar-refractivity contribution is 7.92. The molecule has 0 saturated carbocycles. The third-order valence-electron chi connectivity index (χ3n) is 3.37. The quantitative estimate of drug-likeness (QED) is 0.838. The molecule has 1 aliphatic heterocycles. The van der Waals surface area contributed by atoms with Crippen LogP contribution in [0.5, 0.6) is 0 Å². The molecule has 0 aliphatic carbocycles. The van der Waals surface area contributed by atoms with Crippen LogP contribution in [0.4, 0.5) is 17.1 Å². The molecule has 2 aromatic rings. The number of anilines is 3. The summed E-state index contributed by atoms with van der Waals surface area (Å²) in [5.41, 5.74) is 7.12. The predicted molar refractivity (Wildman–Crippen MR) is 97.8 cm³/mol. The van der Waals surface area contributed by atoms with Crippen LogP contribution < -0.4 is 15.2 Å². The fourth-order valence-electron chi connectivity index (χ4n) is 2.41. The number of aliphatic imine (C=N–C) groups is 1. The van der Waals surface area contributed by atoms with Crippen LogP contribution in [-0.2, 0) is 10.0 Å². The van der Waals surface area contributed by atoms with Gasteiger partial charge in [0, 0.05) is 23.0 Å². The second-order valence-electron chi connectivity index (χ2n) is 5.37. The molecular formula is C17H16N4O2S. The first-order chi connectivity index (χ1) is 11.4. The second kappa shape index (κ2) is 6.26. The van der Waals surface area contributed by atoms with E-state index in [2.05, 4.69) is 21.1 Å². The molecular weight excluding hydrogens is 324 g/mol. The highest BCUT2D eigenvalue weighted by Gasteiger charge is 2.15. The first-order valence-corrected chi connectivity index (χ1v) is 9.06. The zero-order valence-electron chi connectivity index (χ0n) is 13.0. The Morgan fingerprint density at radius 3 is 2.79 bits per heavy atom. The maximum atomic E-state index is 11.4. The summed E-state index contributed by atoms with van der Waals surface area (Å²) in [4.78, 5) is 4.30. The van der Waals surface area contributed by atoms with Crippen LogP contribution >= 0.6 is 0 Å². The van der Waals surface area contributed by atoms with Gasteiger partial charge in [-0.2, -0.15) is 0 Å². The van der Waals surface area contributed by atoms with Gasteiger partial charge in [0.15, 0.2) is 0 Å². The van der Waals surface area contributed by atoms with Crippen LogP contribution in [0.25, 0.3) is 0 Å². The van der Waals surface area contributed by atoms with Gasteiger partial charge in [-0.25, -0.2) is 8.42 Å². The van der Waals surface area contributed by atoms with Crippen LogP contribution in [0.2, 0.25) is 0 Å². The Morgan fingerprint density at radius 1 is 1.21 bits per heavy atom. The molecule has 6 nitrogen and oxygen atoms in total. The Bertz CT molecular complexity index is 945. The Labute approximate surface area is 141 Å². The molecule has 24 heavy (non-hydrogen) atoms. The molecule has 0 spiro atoms. The Morgan fingerprint density at radius 2 is 2.04 bits per heavy atom. The van der Waals surface area contributed by atoms with Crippen LogP contribution in [-0.4, -0.2) is 27.6 Å². The summed E-state index contributed by atoms with van der Waals surface area (Å²) >= 11 is 0. The fraction of sp³-hybridized carbons (Fsp3) is 0.118. The van der Waals surface area contributed by atoms with Crippen molar-refractivity contribution in [1.82, 2.24) is 0 Å². The minimum Gasteiger partial charge on any atom is -0.297 e. The van der Waals surface area contributed by atoms with E-state index in [9.17, 15) is 8.42 Å². The summed E-state index contributed by atoms with van der Waals surface area (Å²) in [6, 6.07) is 12.8. The Kier molecular flexibility index (Phi) is 4.15. The number of benzene rings is 2. The number of hydrazine groups is 1. The van der Waals surface area contributed by atoms with E-state index in [4.69, 9.17) is 6.42 Å². The van der Waals surface area contributed by atoms with Gasteiger partial charge in [0.2, 0.25) is 10.0 Å². The van der Waals surface area contributed by atoms with Crippen molar-refractivity contribution < 1.29 is 8.42 Å². The monoisotopic (exact) mass is 340 g/mol. The van der Waals surface area contributed by atoms with Crippen molar-refractivity contribution in [2.24, 2.45) is 4.99 Å². The number of nitrogens with one attached hydrogen (secondary N) is 2. The molecule has 2 aromatic carbocycles. The van der Waals surface area contributed by atoms with Crippen molar-refractivity contribution in [3.8, 4) is 12.3 Å². The van der Waals surface area contributed by atoms with Crippen molar-refractivity contribution in [2.75, 3.05) is 28.1 Å². The largest absolute Gasteiger partial charge is 0.297 e. The topological polar surface area (TPSA) is 73.8 Å². The number of hydrogen-bond acceptors (Lipinski definition) is 5. The van der Waals surface area contributed by atoms with Gasteiger partial charge in [-0.1, -0.05) is 12.0 Å². The van der Waals surface area contributed by atoms with Gasteiger partial charge in [0.1, 0.15) is 6.67 Å². The van der Waals surface area contributed by atoms with Crippen LogP contribution in [0.3, 0.4) is 0 Å². The number of terminal acetylenes is 1. The van der Waals surface area contributed by atoms with E-state index in [1.807, 2.05) is 35.3 Å². The van der Waals surface area contributed by atoms with Gasteiger partial charge in [-0.15, -0.1) is 6.42 Å². The fourth-order valence-corrected chi connectivity index (χ4v) is 2.96. The first-order valence-electron chi connectivity index (χ1n) is 7.17. The molecule has 3 rings (SSSR count). The van der Waals surface area contributed by atoms with Gasteiger partial charge >= 0.3 is 0 Å². The van der Waals surface area contributed by atoms with Crippen molar-refractivity contribution in [2.45, 2.75) is 0 Å². The van der Waals surface area contributed by atoms with Crippen LogP contribution in [0.1, 0.15) is 11.1 Å². The number of hydrogen-bond donors (Lipinski definition) is 2. The molecule has 0 bridgehead atoms. The van der Waals surface area contributed by atoms with Gasteiger partial charge in [-0.3, -0.25) is 20.1 Å². The standard InChI is InChI=1S/C17H16N4O2S/c1-3-13-5-4-6-15(9-13)19-21-12-18-11-14-10-16(7-8-17(14)21)20-24(2,22)23/h1,4-11,19-20H,12H2,2H3. The number of sulfonamides is 1. The lowest BCUT2D eigenvalue weighted by Crippen LogP contribution is -2.33. The lowest BCUT2D eigenvalue weighted by Gasteiger charge is -2.29. The predicted octanol–water partition coefficient (Wildman–Crippen LogP) is 2.26. The van der Waals surface area contributed by atoms with Gasteiger partial charge in [0.05, 0.1) is 17.6 Å². The number of fused-ring (bicyclic) bond motifs is 1. The van der Waals surface area contributed by atoms with E-state index in [1.165, 1.54) is 0 Å². The maximum Gasteiger partial charge on any atom is 0.229 e. The lowest BCUT2D eigenvalue weighted by molar-refractivity contribution is 0.607. The van der Waals surface area contributed by atoms with Crippen molar-refractivity contribution in [3.63, 3.8) is 0 Å². The van der Waals surface area contributed by atoms with Crippen LogP contribution in [0, 0.1) is 12.3 Å². The number of nitrogens with zero attached hydrogens (tertiary/aromatic N) is 2. The highest BCUT2D eigenvalue weighted by Crippen LogP contribution is 2.26. The minimum atomic E-state index is -3.32. The minimum absolute atomic E-state index is 0.437. The normalized spacial score (nSPS) is 13.1. The van der Waals surface area contributed by atoms with E-state index < -0.39 is 10.0 Å². The molecule has 2 N–H and O–H groups in total. The van der Waals surface area contributed by atoms with Gasteiger partial charge < -0.3 is 0 Å². The van der Waals surface area contributed by atoms with Gasteiger partial charge in [0.25, 0.3) is 0 Å². The molecule has 0 atom stereocenters. The summed E-state index contributed by atoms with van der Waals surface area (Å²) in [5, 5.41) is 1.87. The van der Waals surface area contributed by atoms with Crippen LogP contribution in [0.15, 0.2) is 47.5 Å². The SMILES string of the molecule is C#Cc1cccc(NN2CN=Cc3cc(NS(C)(=O)=O)ccc32)c1. The van der Waals surface area contributed by atoms with E-state index in [1.54, 1.807) is 18.3 Å². The lowest BCUT2D eigenvalue weighted by atomic mass is 10.1. The van der Waals surface area contributed by atoms with Crippen molar-refractivity contribution in [1.29, 1.82) is 0 Å². The maximum absolute atomic E-state index is 11.4. The Hall–Kier alpha value is -2.98. The third-order valence-corrected chi connectivity index (χ3v) is 3.97. The van der Waals surface area contributed by atoms with Crippen molar-refractivity contribution >= 4 is 33.3 Å². The zero-order chi connectivity index (χ0) is 17.2. The second-order valence-corrected chi connectivity index (χ2v) is 7.11. The molecule has 0 amide bonds. The summed E-state index contributed by atoms with van der Waals surface area (Å²) in [6.45, 7) is 0.437. The van der Waals surface area contributed by atoms with Crippen molar-refractivity contribution in [3.05, 3.63) is 53.6 Å². The summed E-state index contributed by atoms with van der Waals surface area (Å²) < 4.78 is 25.2. The van der Waals surface area contributed by atoms with E-state index in [-0.39, 0.29) is 0 Å². The molecule has 0 aromatic heterocycles. The molecule has 1 heterocycles. The molecule has 0 fully saturated rings. The molecule has 1 aliphatic rings. The summed E-state index contributed by atoms with van der Waals surface area (Å²) in [6.07, 6.45) is 8.26. The average molecular weight is 340 g/mol. The molecule has 0 radical (unpaired) electrons. The third kappa shape index (κ3) is 3.67. The molecule has 0 unspecified atom stereocenters. The summed E-state index contributed by atoms with van der Waals surface area (Å²) in [5.74, 6) is 2.60. The Balaban J connectivity index is 1.86. The first kappa shape index (κ1) is 15.9. The van der Waals surface area contributed by atoms with E-state index >= 15 is 0 Å². The number of rotatable bonds is 4. The summed E-state index contributed by atoms with van der Waals surface area (Å²) in [7, 11) is -3.32. The zero-order valence-corrected chi connectivity index (χ0v) is 13.8. The van der Waals surface area contributed by atoms with E-state index in [0.29, 0.717) is 12.4 Å². The highest BCUT2D eigenvalue weighted by atomic mass is 32.2. The molecule has 7 heteroatoms. The average Bonchev–Trinajstić information content (AvgIpc) is 2.53. The smallest absolute Gasteiger partial charge is 0.229 e. The van der Waals surface area contributed by atoms with Gasteiger partial charge in [-0.05, 0) is 36.4 Å². The van der Waals surface area contributed by atoms with E-state index in [0.717, 1.165) is 28.8 Å².